The fraction of sp³-hybridized carbons (Fsp3) is 0.300. The van der Waals surface area contributed by atoms with Gasteiger partial charge in [0, 0.05) is 13.1 Å². The largest absolute Gasteiger partial charge is 0.434 e. The molecule has 1 atom stereocenters. The maximum absolute atomic E-state index is 10.0. The van der Waals surface area contributed by atoms with Crippen LogP contribution in [0.5, 0.6) is 0 Å². The van der Waals surface area contributed by atoms with Crippen LogP contribution < -0.4 is 0 Å². The zero-order valence-corrected chi connectivity index (χ0v) is 7.61. The van der Waals surface area contributed by atoms with Crippen molar-refractivity contribution in [1.29, 1.82) is 0 Å². The lowest BCUT2D eigenvalue weighted by atomic mass is 10.4. The molecule has 0 aliphatic heterocycles. The van der Waals surface area contributed by atoms with Crippen LogP contribution in [0.3, 0.4) is 0 Å². The van der Waals surface area contributed by atoms with E-state index in [1.165, 1.54) is 12.5 Å². The third-order valence-corrected chi connectivity index (χ3v) is 1.46. The summed E-state index contributed by atoms with van der Waals surface area (Å²) in [4.78, 5) is 11.8. The predicted molar refractivity (Wildman–Crippen MR) is 52.7 cm³/mol. The molecule has 0 rings (SSSR count). The summed E-state index contributed by atoms with van der Waals surface area (Å²) in [5, 5.41) is 0. The topological polar surface area (TPSA) is 29.5 Å². The maximum Gasteiger partial charge on any atom is 0.419 e. The van der Waals surface area contributed by atoms with Gasteiger partial charge in [-0.05, 0) is 6.08 Å². The normalized spacial score (nSPS) is 11.8. The van der Waals surface area contributed by atoms with Crippen LogP contribution in [0.15, 0.2) is 38.0 Å². The van der Waals surface area contributed by atoms with Crippen LogP contribution in [0.4, 0.5) is 0 Å². The molecule has 0 saturated heterocycles. The van der Waals surface area contributed by atoms with Gasteiger partial charge in [-0.1, -0.05) is 18.7 Å². The molecule has 0 aromatic heterocycles. The molecule has 0 saturated carbocycles. The molecule has 0 aromatic rings. The zero-order valence-electron chi connectivity index (χ0n) is 7.61. The second kappa shape index (κ2) is 7.31. The molecule has 0 aromatic carbocycles. The first-order valence-corrected chi connectivity index (χ1v) is 3.91. The molecule has 13 heavy (non-hydrogen) atoms. The van der Waals surface area contributed by atoms with Gasteiger partial charge in [-0.25, -0.2) is 4.79 Å². The fourth-order valence-corrected chi connectivity index (χ4v) is 0.935. The molecule has 1 radical (unpaired) electrons. The van der Waals surface area contributed by atoms with Gasteiger partial charge >= 0.3 is 6.47 Å². The van der Waals surface area contributed by atoms with Gasteiger partial charge < -0.3 is 4.74 Å². The van der Waals surface area contributed by atoms with Gasteiger partial charge in [0.05, 0.1) is 0 Å². The predicted octanol–water partition coefficient (Wildman–Crippen LogP) is 1.26. The fourth-order valence-electron chi connectivity index (χ4n) is 0.935. The van der Waals surface area contributed by atoms with Crippen molar-refractivity contribution in [3.63, 3.8) is 0 Å². The third kappa shape index (κ3) is 4.28. The second-order valence-electron chi connectivity index (χ2n) is 2.36. The summed E-state index contributed by atoms with van der Waals surface area (Å²) in [6, 6.07) is 0. The Morgan fingerprint density at radius 3 is 2.15 bits per heavy atom. The van der Waals surface area contributed by atoms with Crippen molar-refractivity contribution in [3.05, 3.63) is 38.0 Å². The Labute approximate surface area is 79.0 Å². The zero-order chi connectivity index (χ0) is 10.1. The van der Waals surface area contributed by atoms with Crippen molar-refractivity contribution < 1.29 is 9.53 Å². The van der Waals surface area contributed by atoms with Crippen LogP contribution in [0.1, 0.15) is 0 Å². The van der Waals surface area contributed by atoms with Crippen LogP contribution >= 0.6 is 0 Å². The molecule has 0 N–H and O–H groups in total. The van der Waals surface area contributed by atoms with Crippen LogP contribution in [-0.4, -0.2) is 30.7 Å². The second-order valence-corrected chi connectivity index (χ2v) is 2.36. The summed E-state index contributed by atoms with van der Waals surface area (Å²) in [5.74, 6) is 0. The third-order valence-electron chi connectivity index (χ3n) is 1.46. The molecule has 0 amide bonds. The van der Waals surface area contributed by atoms with E-state index in [1.807, 2.05) is 4.90 Å². The van der Waals surface area contributed by atoms with Gasteiger partial charge in [0.2, 0.25) is 0 Å². The molecule has 71 valence electrons. The van der Waals surface area contributed by atoms with Gasteiger partial charge in [0.25, 0.3) is 0 Å². The van der Waals surface area contributed by atoms with Crippen LogP contribution in [-0.2, 0) is 9.53 Å². The number of carbonyl (C=O) groups excluding carboxylic acids is 1. The first-order valence-electron chi connectivity index (χ1n) is 3.91. The summed E-state index contributed by atoms with van der Waals surface area (Å²) in [5.41, 5.74) is 0. The maximum atomic E-state index is 10.0. The van der Waals surface area contributed by atoms with E-state index in [1.54, 1.807) is 12.2 Å². The summed E-state index contributed by atoms with van der Waals surface area (Å²) < 4.78 is 4.67. The average Bonchev–Trinajstić information content (AvgIpc) is 2.14. The highest BCUT2D eigenvalue weighted by Gasteiger charge is 2.12. The van der Waals surface area contributed by atoms with Crippen molar-refractivity contribution in [2.24, 2.45) is 0 Å². The SMILES string of the molecule is C=CCN(CC=C)C(C=C)O[C]=O. The monoisotopic (exact) mass is 180 g/mol. The van der Waals surface area contributed by atoms with E-state index >= 15 is 0 Å². The highest BCUT2D eigenvalue weighted by atomic mass is 16.5. The number of ether oxygens (including phenoxy) is 1. The van der Waals surface area contributed by atoms with E-state index < -0.39 is 6.23 Å². The van der Waals surface area contributed by atoms with Gasteiger partial charge in [-0.2, -0.15) is 0 Å². The minimum absolute atomic E-state index is 0.464. The molecule has 0 aliphatic rings. The van der Waals surface area contributed by atoms with E-state index in [4.69, 9.17) is 0 Å². The molecule has 3 nitrogen and oxygen atoms in total. The summed E-state index contributed by atoms with van der Waals surface area (Å²) in [6.07, 6.45) is 4.49. The summed E-state index contributed by atoms with van der Waals surface area (Å²) in [6.45, 7) is 13.3. The summed E-state index contributed by atoms with van der Waals surface area (Å²) >= 11 is 0. The number of hydrogen-bond donors (Lipinski definition) is 0. The lowest BCUT2D eigenvalue weighted by Gasteiger charge is -2.24. The molecule has 0 bridgehead atoms. The van der Waals surface area contributed by atoms with Gasteiger partial charge in [0.1, 0.15) is 0 Å². The molecule has 0 spiro atoms. The highest BCUT2D eigenvalue weighted by Crippen LogP contribution is 2.01. The molecule has 0 heterocycles. The Balaban J connectivity index is 4.25. The number of nitrogens with zero attached hydrogens (tertiary/aromatic N) is 1. The molecular formula is C10H14NO2. The summed E-state index contributed by atoms with van der Waals surface area (Å²) in [7, 11) is 0. The molecule has 3 heteroatoms. The smallest absolute Gasteiger partial charge is 0.419 e. The Morgan fingerprint density at radius 2 is 1.85 bits per heavy atom. The van der Waals surface area contributed by atoms with Crippen LogP contribution in [0.25, 0.3) is 0 Å². The average molecular weight is 180 g/mol. The first-order chi connectivity index (χ1) is 6.29. The van der Waals surface area contributed by atoms with Gasteiger partial charge in [-0.15, -0.1) is 13.2 Å². The van der Waals surface area contributed by atoms with E-state index in [0.29, 0.717) is 13.1 Å². The van der Waals surface area contributed by atoms with E-state index in [9.17, 15) is 4.79 Å². The molecule has 0 fully saturated rings. The first kappa shape index (κ1) is 11.6. The van der Waals surface area contributed by atoms with Crippen LogP contribution in [0, 0.1) is 0 Å². The van der Waals surface area contributed by atoms with Crippen molar-refractivity contribution >= 4 is 6.47 Å². The van der Waals surface area contributed by atoms with Crippen molar-refractivity contribution in [3.8, 4) is 0 Å². The van der Waals surface area contributed by atoms with Crippen molar-refractivity contribution in [2.75, 3.05) is 13.1 Å². The Morgan fingerprint density at radius 1 is 1.31 bits per heavy atom. The molecule has 0 aliphatic carbocycles. The van der Waals surface area contributed by atoms with Crippen molar-refractivity contribution in [2.45, 2.75) is 6.23 Å². The van der Waals surface area contributed by atoms with E-state index in [-0.39, 0.29) is 0 Å². The number of rotatable bonds is 8. The van der Waals surface area contributed by atoms with Crippen LogP contribution in [0.2, 0.25) is 0 Å². The lowest BCUT2D eigenvalue weighted by Crippen LogP contribution is -2.35. The quantitative estimate of drug-likeness (QED) is 0.416. The highest BCUT2D eigenvalue weighted by molar-refractivity contribution is 5.39. The minimum Gasteiger partial charge on any atom is -0.434 e. The Kier molecular flexibility index (Phi) is 6.55. The number of hydrogen-bond acceptors (Lipinski definition) is 3. The van der Waals surface area contributed by atoms with E-state index in [2.05, 4.69) is 24.5 Å². The molecule has 1 unspecified atom stereocenters. The van der Waals surface area contributed by atoms with Crippen molar-refractivity contribution in [1.82, 2.24) is 4.90 Å². The van der Waals surface area contributed by atoms with Gasteiger partial charge in [0.15, 0.2) is 6.23 Å². The Bertz CT molecular complexity index is 179. The van der Waals surface area contributed by atoms with E-state index in [0.717, 1.165) is 0 Å². The molecular weight excluding hydrogens is 166 g/mol. The standard InChI is InChI=1S/C10H14NO2/c1-4-7-11(8-5-2)10(6-3)13-9-12/h4-6,10H,1-3,7-8H2. The lowest BCUT2D eigenvalue weighted by molar-refractivity contribution is 0.0682. The minimum atomic E-state index is -0.464. The Hall–Kier alpha value is -1.35. The van der Waals surface area contributed by atoms with Gasteiger partial charge in [-0.3, -0.25) is 4.90 Å².